The predicted octanol–water partition coefficient (Wildman–Crippen LogP) is 3.56. The Bertz CT molecular complexity index is 653. The van der Waals surface area contributed by atoms with Crippen LogP contribution in [-0.2, 0) is 16.0 Å². The van der Waals surface area contributed by atoms with Gasteiger partial charge < -0.3 is 10.1 Å². The van der Waals surface area contributed by atoms with Crippen molar-refractivity contribution in [1.82, 2.24) is 0 Å². The van der Waals surface area contributed by atoms with Crippen LogP contribution in [0.4, 0.5) is 5.69 Å². The van der Waals surface area contributed by atoms with Crippen molar-refractivity contribution >= 4 is 33.5 Å². The number of ether oxygens (including phenoxy) is 1. The molecule has 108 valence electrons. The zero-order valence-electron chi connectivity index (χ0n) is 11.4. The van der Waals surface area contributed by atoms with E-state index in [0.717, 1.165) is 10.0 Å². The first-order valence-electron chi connectivity index (χ1n) is 6.36. The van der Waals surface area contributed by atoms with Gasteiger partial charge in [-0.3, -0.25) is 9.59 Å². The van der Waals surface area contributed by atoms with Gasteiger partial charge in [-0.1, -0.05) is 34.1 Å². The highest BCUT2D eigenvalue weighted by atomic mass is 79.9. The maximum Gasteiger partial charge on any atom is 0.308 e. The molecule has 0 unspecified atom stereocenters. The van der Waals surface area contributed by atoms with Crippen molar-refractivity contribution < 1.29 is 14.3 Å². The molecule has 0 aliphatic carbocycles. The number of hydrogen-bond acceptors (Lipinski definition) is 3. The third kappa shape index (κ3) is 5.04. The van der Waals surface area contributed by atoms with Gasteiger partial charge in [0.25, 0.3) is 0 Å². The van der Waals surface area contributed by atoms with E-state index in [2.05, 4.69) is 21.2 Å². The molecule has 0 bridgehead atoms. The molecular formula is C16H14BrNO3. The monoisotopic (exact) mass is 347 g/mol. The number of carbonyl (C=O) groups excluding carboxylic acids is 2. The summed E-state index contributed by atoms with van der Waals surface area (Å²) in [7, 11) is 0. The minimum Gasteiger partial charge on any atom is -0.427 e. The highest BCUT2D eigenvalue weighted by Gasteiger charge is 2.06. The van der Waals surface area contributed by atoms with Gasteiger partial charge >= 0.3 is 5.97 Å². The number of rotatable bonds is 4. The molecule has 21 heavy (non-hydrogen) atoms. The molecule has 0 radical (unpaired) electrons. The maximum atomic E-state index is 12.0. The normalized spacial score (nSPS) is 10.0. The Labute approximate surface area is 131 Å². The average Bonchev–Trinajstić information content (AvgIpc) is 2.41. The first-order chi connectivity index (χ1) is 10.0. The number of amides is 1. The summed E-state index contributed by atoms with van der Waals surface area (Å²) < 4.78 is 5.95. The van der Waals surface area contributed by atoms with E-state index in [1.165, 1.54) is 6.92 Å². The largest absolute Gasteiger partial charge is 0.427 e. The fourth-order valence-electron chi connectivity index (χ4n) is 1.80. The molecule has 0 saturated heterocycles. The molecule has 0 saturated carbocycles. The Morgan fingerprint density at radius 2 is 1.86 bits per heavy atom. The maximum absolute atomic E-state index is 12.0. The number of esters is 1. The lowest BCUT2D eigenvalue weighted by molar-refractivity contribution is -0.131. The van der Waals surface area contributed by atoms with Crippen molar-refractivity contribution in [1.29, 1.82) is 0 Å². The molecule has 2 aromatic rings. The van der Waals surface area contributed by atoms with Crippen molar-refractivity contribution in [2.75, 3.05) is 5.32 Å². The van der Waals surface area contributed by atoms with Crippen molar-refractivity contribution in [3.8, 4) is 5.75 Å². The summed E-state index contributed by atoms with van der Waals surface area (Å²) in [6, 6.07) is 14.3. The number of carbonyl (C=O) groups is 2. The van der Waals surface area contributed by atoms with Gasteiger partial charge in [-0.05, 0) is 29.8 Å². The van der Waals surface area contributed by atoms with Crippen LogP contribution in [0, 0.1) is 0 Å². The fraction of sp³-hybridized carbons (Fsp3) is 0.125. The molecule has 0 heterocycles. The molecule has 0 aliphatic heterocycles. The molecule has 2 aromatic carbocycles. The summed E-state index contributed by atoms with van der Waals surface area (Å²) in [5, 5.41) is 2.78. The quantitative estimate of drug-likeness (QED) is 0.679. The van der Waals surface area contributed by atoms with Crippen LogP contribution in [0.15, 0.2) is 53.0 Å². The lowest BCUT2D eigenvalue weighted by atomic mass is 10.1. The molecule has 1 N–H and O–H groups in total. The molecule has 0 aliphatic rings. The first kappa shape index (κ1) is 15.3. The van der Waals surface area contributed by atoms with Crippen LogP contribution in [0.5, 0.6) is 5.75 Å². The predicted molar refractivity (Wildman–Crippen MR) is 84.2 cm³/mol. The van der Waals surface area contributed by atoms with Crippen molar-refractivity contribution in [2.45, 2.75) is 13.3 Å². The summed E-state index contributed by atoms with van der Waals surface area (Å²) in [5.74, 6) is -0.116. The molecule has 0 spiro atoms. The standard InChI is InChI=1S/C16H14BrNO3/c1-11(19)21-15-4-2-3-14(10-15)18-16(20)9-12-5-7-13(17)8-6-12/h2-8,10H,9H2,1H3,(H,18,20). The zero-order chi connectivity index (χ0) is 15.2. The molecule has 1 amide bonds. The van der Waals surface area contributed by atoms with Crippen LogP contribution in [0.1, 0.15) is 12.5 Å². The summed E-state index contributed by atoms with van der Waals surface area (Å²) in [6.45, 7) is 1.33. The Kier molecular flexibility index (Phi) is 5.11. The number of anilines is 1. The third-order valence-corrected chi connectivity index (χ3v) is 3.19. The Balaban J connectivity index is 1.99. The van der Waals surface area contributed by atoms with Crippen LogP contribution in [0.3, 0.4) is 0 Å². The van der Waals surface area contributed by atoms with E-state index in [1.807, 2.05) is 24.3 Å². The first-order valence-corrected chi connectivity index (χ1v) is 7.15. The molecular weight excluding hydrogens is 334 g/mol. The fourth-order valence-corrected chi connectivity index (χ4v) is 2.06. The van der Waals surface area contributed by atoms with Crippen LogP contribution >= 0.6 is 15.9 Å². The van der Waals surface area contributed by atoms with Crippen LogP contribution in [0.25, 0.3) is 0 Å². The molecule has 0 aromatic heterocycles. The Morgan fingerprint density at radius 3 is 2.52 bits per heavy atom. The lowest BCUT2D eigenvalue weighted by Gasteiger charge is -2.07. The second kappa shape index (κ2) is 7.04. The molecule has 5 heteroatoms. The molecule has 0 atom stereocenters. The van der Waals surface area contributed by atoms with Crippen LogP contribution in [0.2, 0.25) is 0 Å². The van der Waals surface area contributed by atoms with Crippen molar-refractivity contribution in [3.05, 3.63) is 58.6 Å². The van der Waals surface area contributed by atoms with E-state index in [4.69, 9.17) is 4.74 Å². The molecule has 2 rings (SSSR count). The Hall–Kier alpha value is -2.14. The summed E-state index contributed by atoms with van der Waals surface area (Å²) in [6.07, 6.45) is 0.283. The van der Waals surface area contributed by atoms with E-state index in [-0.39, 0.29) is 12.3 Å². The number of nitrogens with one attached hydrogen (secondary N) is 1. The summed E-state index contributed by atoms with van der Waals surface area (Å²) >= 11 is 3.35. The Morgan fingerprint density at radius 1 is 1.14 bits per heavy atom. The number of benzene rings is 2. The highest BCUT2D eigenvalue weighted by molar-refractivity contribution is 9.10. The van der Waals surface area contributed by atoms with Gasteiger partial charge in [0.1, 0.15) is 5.75 Å². The van der Waals surface area contributed by atoms with E-state index >= 15 is 0 Å². The SMILES string of the molecule is CC(=O)Oc1cccc(NC(=O)Cc2ccc(Br)cc2)c1. The van der Waals surface area contributed by atoms with Crippen molar-refractivity contribution in [2.24, 2.45) is 0 Å². The minimum absolute atomic E-state index is 0.128. The number of halogens is 1. The van der Waals surface area contributed by atoms with Gasteiger partial charge in [-0.2, -0.15) is 0 Å². The van der Waals surface area contributed by atoms with Gasteiger partial charge in [-0.15, -0.1) is 0 Å². The molecule has 0 fully saturated rings. The highest BCUT2D eigenvalue weighted by Crippen LogP contribution is 2.18. The summed E-state index contributed by atoms with van der Waals surface area (Å²) in [5.41, 5.74) is 1.52. The van der Waals surface area contributed by atoms with Gasteiger partial charge in [0.05, 0.1) is 6.42 Å². The van der Waals surface area contributed by atoms with E-state index in [9.17, 15) is 9.59 Å². The topological polar surface area (TPSA) is 55.4 Å². The lowest BCUT2D eigenvalue weighted by Crippen LogP contribution is -2.14. The van der Waals surface area contributed by atoms with Crippen molar-refractivity contribution in [3.63, 3.8) is 0 Å². The average molecular weight is 348 g/mol. The van der Waals surface area contributed by atoms with Crippen LogP contribution in [-0.4, -0.2) is 11.9 Å². The van der Waals surface area contributed by atoms with E-state index in [0.29, 0.717) is 11.4 Å². The van der Waals surface area contributed by atoms with E-state index < -0.39 is 5.97 Å². The van der Waals surface area contributed by atoms with E-state index in [1.54, 1.807) is 24.3 Å². The van der Waals surface area contributed by atoms with Gasteiger partial charge in [0, 0.05) is 23.2 Å². The minimum atomic E-state index is -0.395. The molecule has 4 nitrogen and oxygen atoms in total. The van der Waals surface area contributed by atoms with Gasteiger partial charge in [-0.25, -0.2) is 0 Å². The van der Waals surface area contributed by atoms with Gasteiger partial charge in [0.2, 0.25) is 5.91 Å². The summed E-state index contributed by atoms with van der Waals surface area (Å²) in [4.78, 5) is 22.9. The number of hydrogen-bond donors (Lipinski definition) is 1. The second-order valence-electron chi connectivity index (χ2n) is 4.47. The smallest absolute Gasteiger partial charge is 0.308 e. The van der Waals surface area contributed by atoms with Gasteiger partial charge in [0.15, 0.2) is 0 Å². The zero-order valence-corrected chi connectivity index (χ0v) is 13.0. The van der Waals surface area contributed by atoms with Crippen LogP contribution < -0.4 is 10.1 Å². The third-order valence-electron chi connectivity index (χ3n) is 2.66. The second-order valence-corrected chi connectivity index (χ2v) is 5.39.